The van der Waals surface area contributed by atoms with E-state index in [0.717, 1.165) is 12.5 Å². The largest absolute Gasteiger partial charge is 0.490 e. The van der Waals surface area contributed by atoms with E-state index in [1.54, 1.807) is 6.07 Å². The second-order valence-electron chi connectivity index (χ2n) is 8.59. The normalized spacial score (nSPS) is 17.7. The molecule has 0 atom stereocenters. The van der Waals surface area contributed by atoms with Crippen molar-refractivity contribution >= 4 is 17.3 Å². The number of rotatable bonds is 6. The zero-order valence-corrected chi connectivity index (χ0v) is 18.0. The van der Waals surface area contributed by atoms with E-state index in [-0.39, 0.29) is 24.6 Å². The predicted octanol–water partition coefficient (Wildman–Crippen LogP) is 4.35. The van der Waals surface area contributed by atoms with Crippen molar-refractivity contribution in [2.45, 2.75) is 51.0 Å². The Morgan fingerprint density at radius 2 is 1.84 bits per heavy atom. The average molecular weight is 448 g/mol. The minimum Gasteiger partial charge on any atom is -0.490 e. The van der Waals surface area contributed by atoms with Crippen LogP contribution in [0.4, 0.5) is 24.5 Å². The Morgan fingerprint density at radius 3 is 2.56 bits per heavy atom. The first kappa shape index (κ1) is 22.5. The number of nitrogens with zero attached hydrogens (tertiary/aromatic N) is 1. The second kappa shape index (κ2) is 9.02. The molecule has 1 amide bonds. The lowest BCUT2D eigenvalue weighted by Crippen LogP contribution is -2.48. The molecule has 4 rings (SSSR count). The number of aryl methyl sites for hydroxylation is 1. The quantitative estimate of drug-likeness (QED) is 0.690. The number of nitrogens with one attached hydrogen (secondary N) is 1. The van der Waals surface area contributed by atoms with E-state index in [1.165, 1.54) is 12.1 Å². The SMILES string of the molecule is CCCc1cc(N2CCC(O)(COc3ccc(F)c4c3CCC(=O)N4)CC2)c(F)cc1F. The zero-order chi connectivity index (χ0) is 22.9. The smallest absolute Gasteiger partial charge is 0.224 e. The standard InChI is InChI=1S/C24H27F3N2O3/c1-2-3-15-12-20(19(27)13-18(15)26)29-10-8-24(31,9-11-29)14-32-21-6-5-17(25)23-16(21)4-7-22(30)28-23/h5-6,12-13,31H,2-4,7-11,14H2,1H3,(H,28,30). The first-order chi connectivity index (χ1) is 15.3. The zero-order valence-electron chi connectivity index (χ0n) is 18.0. The molecule has 2 aromatic carbocycles. The maximum atomic E-state index is 14.4. The number of ether oxygens (including phenoxy) is 1. The predicted molar refractivity (Wildman–Crippen MR) is 116 cm³/mol. The van der Waals surface area contributed by atoms with Crippen LogP contribution in [0.3, 0.4) is 0 Å². The third-order valence-electron chi connectivity index (χ3n) is 6.25. The number of benzene rings is 2. The molecule has 0 spiro atoms. The van der Waals surface area contributed by atoms with Crippen molar-refractivity contribution in [3.8, 4) is 5.75 Å². The molecule has 0 radical (unpaired) electrons. The maximum absolute atomic E-state index is 14.4. The molecule has 32 heavy (non-hydrogen) atoms. The van der Waals surface area contributed by atoms with Gasteiger partial charge in [-0.25, -0.2) is 13.2 Å². The summed E-state index contributed by atoms with van der Waals surface area (Å²) in [7, 11) is 0. The van der Waals surface area contributed by atoms with Crippen molar-refractivity contribution < 1.29 is 27.8 Å². The molecule has 1 fully saturated rings. The summed E-state index contributed by atoms with van der Waals surface area (Å²) in [6, 6.07) is 5.24. The van der Waals surface area contributed by atoms with Gasteiger partial charge in [0.05, 0.1) is 11.4 Å². The van der Waals surface area contributed by atoms with Crippen LogP contribution in [0.2, 0.25) is 0 Å². The topological polar surface area (TPSA) is 61.8 Å². The van der Waals surface area contributed by atoms with Crippen LogP contribution < -0.4 is 15.0 Å². The first-order valence-electron chi connectivity index (χ1n) is 11.0. The van der Waals surface area contributed by atoms with E-state index in [2.05, 4.69) is 5.32 Å². The molecule has 0 unspecified atom stereocenters. The Labute approximate surface area is 185 Å². The molecule has 2 aliphatic rings. The van der Waals surface area contributed by atoms with Gasteiger partial charge < -0.3 is 20.1 Å². The van der Waals surface area contributed by atoms with Crippen LogP contribution in [0, 0.1) is 17.5 Å². The molecule has 2 aliphatic heterocycles. The number of hydrogen-bond acceptors (Lipinski definition) is 4. The highest BCUT2D eigenvalue weighted by molar-refractivity contribution is 5.94. The number of carbonyl (C=O) groups is 1. The van der Waals surface area contributed by atoms with Crippen molar-refractivity contribution in [1.82, 2.24) is 0 Å². The minimum absolute atomic E-state index is 0.000155. The van der Waals surface area contributed by atoms with Crippen LogP contribution in [0.15, 0.2) is 24.3 Å². The van der Waals surface area contributed by atoms with Gasteiger partial charge in [-0.15, -0.1) is 0 Å². The molecule has 0 aliphatic carbocycles. The minimum atomic E-state index is -1.13. The molecule has 172 valence electrons. The van der Waals surface area contributed by atoms with E-state index in [1.807, 2.05) is 11.8 Å². The number of anilines is 2. The molecule has 5 nitrogen and oxygen atoms in total. The van der Waals surface area contributed by atoms with Crippen LogP contribution in [0.5, 0.6) is 5.75 Å². The maximum Gasteiger partial charge on any atom is 0.224 e. The summed E-state index contributed by atoms with van der Waals surface area (Å²) in [5.41, 5.74) is 0.429. The molecule has 2 heterocycles. The van der Waals surface area contributed by atoms with E-state index >= 15 is 0 Å². The van der Waals surface area contributed by atoms with Crippen LogP contribution in [-0.4, -0.2) is 36.3 Å². The highest BCUT2D eigenvalue weighted by atomic mass is 19.1. The first-order valence-corrected chi connectivity index (χ1v) is 11.0. The average Bonchev–Trinajstić information content (AvgIpc) is 2.76. The number of carbonyl (C=O) groups excluding carboxylic acids is 1. The lowest BCUT2D eigenvalue weighted by Gasteiger charge is -2.39. The van der Waals surface area contributed by atoms with Crippen molar-refractivity contribution in [2.24, 2.45) is 0 Å². The molecule has 2 aromatic rings. The van der Waals surface area contributed by atoms with Gasteiger partial charge in [-0.2, -0.15) is 0 Å². The fraction of sp³-hybridized carbons (Fsp3) is 0.458. The fourth-order valence-electron chi connectivity index (χ4n) is 4.36. The van der Waals surface area contributed by atoms with E-state index in [0.29, 0.717) is 61.3 Å². The van der Waals surface area contributed by atoms with Crippen LogP contribution in [0.25, 0.3) is 0 Å². The van der Waals surface area contributed by atoms with Crippen LogP contribution >= 0.6 is 0 Å². The Bertz CT molecular complexity index is 1020. The third kappa shape index (κ3) is 4.55. The van der Waals surface area contributed by atoms with Gasteiger partial charge in [0, 0.05) is 31.1 Å². The lowest BCUT2D eigenvalue weighted by molar-refractivity contribution is -0.116. The summed E-state index contributed by atoms with van der Waals surface area (Å²) < 4.78 is 48.3. The highest BCUT2D eigenvalue weighted by Gasteiger charge is 2.35. The Hall–Kier alpha value is -2.74. The molecule has 1 saturated heterocycles. The molecular weight excluding hydrogens is 421 g/mol. The summed E-state index contributed by atoms with van der Waals surface area (Å²) in [4.78, 5) is 13.4. The van der Waals surface area contributed by atoms with Crippen molar-refractivity contribution in [3.63, 3.8) is 0 Å². The lowest BCUT2D eigenvalue weighted by atomic mass is 9.91. The molecule has 8 heteroatoms. The Kier molecular flexibility index (Phi) is 6.33. The van der Waals surface area contributed by atoms with E-state index in [9.17, 15) is 23.1 Å². The number of fused-ring (bicyclic) bond motifs is 1. The van der Waals surface area contributed by atoms with Gasteiger partial charge in [-0.3, -0.25) is 4.79 Å². The molecule has 0 bridgehead atoms. The third-order valence-corrected chi connectivity index (χ3v) is 6.25. The van der Waals surface area contributed by atoms with Gasteiger partial charge >= 0.3 is 0 Å². The van der Waals surface area contributed by atoms with Crippen molar-refractivity contribution in [2.75, 3.05) is 29.9 Å². The monoisotopic (exact) mass is 448 g/mol. The van der Waals surface area contributed by atoms with Gasteiger partial charge in [-0.1, -0.05) is 13.3 Å². The summed E-state index contributed by atoms with van der Waals surface area (Å²) >= 11 is 0. The van der Waals surface area contributed by atoms with Crippen molar-refractivity contribution in [3.05, 3.63) is 52.8 Å². The summed E-state index contributed by atoms with van der Waals surface area (Å²) in [5.74, 6) is -1.46. The van der Waals surface area contributed by atoms with E-state index in [4.69, 9.17) is 4.74 Å². The number of hydrogen-bond donors (Lipinski definition) is 2. The number of amides is 1. The highest BCUT2D eigenvalue weighted by Crippen LogP contribution is 2.35. The molecule has 0 aromatic heterocycles. The fourth-order valence-corrected chi connectivity index (χ4v) is 4.36. The van der Waals surface area contributed by atoms with Crippen LogP contribution in [-0.2, 0) is 17.6 Å². The second-order valence-corrected chi connectivity index (χ2v) is 8.59. The van der Waals surface area contributed by atoms with Gasteiger partial charge in [0.25, 0.3) is 0 Å². The number of aliphatic hydroxyl groups is 1. The van der Waals surface area contributed by atoms with Crippen LogP contribution in [0.1, 0.15) is 43.7 Å². The number of halogens is 3. The van der Waals surface area contributed by atoms with E-state index < -0.39 is 23.1 Å². The van der Waals surface area contributed by atoms with Gasteiger partial charge in [0.2, 0.25) is 5.91 Å². The van der Waals surface area contributed by atoms with Gasteiger partial charge in [-0.05, 0) is 49.4 Å². The van der Waals surface area contributed by atoms with Gasteiger partial charge in [0.15, 0.2) is 0 Å². The molecular formula is C24H27F3N2O3. The molecule has 2 N–H and O–H groups in total. The Balaban J connectivity index is 1.42. The van der Waals surface area contributed by atoms with Gasteiger partial charge in [0.1, 0.15) is 35.4 Å². The summed E-state index contributed by atoms with van der Waals surface area (Å²) in [5, 5.41) is 13.5. The number of piperidine rings is 1. The Morgan fingerprint density at radius 1 is 1.09 bits per heavy atom. The summed E-state index contributed by atoms with van der Waals surface area (Å²) in [6.45, 7) is 2.73. The summed E-state index contributed by atoms with van der Waals surface area (Å²) in [6.07, 6.45) is 2.59. The van der Waals surface area contributed by atoms with Crippen molar-refractivity contribution in [1.29, 1.82) is 0 Å². The molecule has 0 saturated carbocycles.